The van der Waals surface area contributed by atoms with E-state index >= 15 is 0 Å². The van der Waals surface area contributed by atoms with Crippen LogP contribution in [-0.2, 0) is 33.7 Å². The Morgan fingerprint density at radius 2 is 1.64 bits per heavy atom. The number of benzene rings is 2. The lowest BCUT2D eigenvalue weighted by atomic mass is 9.96. The molecule has 0 aliphatic carbocycles. The second-order valence-corrected chi connectivity index (χ2v) is 21.1. The molecule has 0 aliphatic rings. The second kappa shape index (κ2) is 13.5. The van der Waals surface area contributed by atoms with Gasteiger partial charge in [0.1, 0.15) is 12.9 Å². The Balaban J connectivity index is 1.44. The molecule has 248 valence electrons. The number of hydrogen-bond acceptors (Lipinski definition) is 7. The first-order valence-electron chi connectivity index (χ1n) is 15.8. The highest BCUT2D eigenvalue weighted by Gasteiger charge is 2.22. The van der Waals surface area contributed by atoms with Gasteiger partial charge in [-0.2, -0.15) is 9.78 Å². The number of aryl methyl sites for hydroxylation is 2. The molecule has 0 saturated heterocycles. The zero-order valence-electron chi connectivity index (χ0n) is 28.1. The van der Waals surface area contributed by atoms with Crippen molar-refractivity contribution >= 4 is 29.0 Å². The fourth-order valence-corrected chi connectivity index (χ4v) is 7.85. The third-order valence-electron chi connectivity index (χ3n) is 8.32. The van der Waals surface area contributed by atoms with Crippen molar-refractivity contribution < 1.29 is 13.2 Å². The van der Waals surface area contributed by atoms with Gasteiger partial charge in [0, 0.05) is 38.4 Å². The van der Waals surface area contributed by atoms with E-state index in [0.29, 0.717) is 24.2 Å². The van der Waals surface area contributed by atoms with E-state index in [1.165, 1.54) is 8.65 Å². The van der Waals surface area contributed by atoms with Gasteiger partial charge in [-0.05, 0) is 71.8 Å². The minimum Gasteiger partial charge on any atom is -0.361 e. The van der Waals surface area contributed by atoms with E-state index in [1.807, 2.05) is 62.4 Å². The number of pyridine rings is 1. The molecule has 0 N–H and O–H groups in total. The van der Waals surface area contributed by atoms with Gasteiger partial charge in [-0.3, -0.25) is 9.78 Å². The molecule has 0 aliphatic heterocycles. The van der Waals surface area contributed by atoms with E-state index in [9.17, 15) is 18.0 Å². The van der Waals surface area contributed by atoms with Crippen molar-refractivity contribution in [1.82, 2.24) is 23.3 Å². The molecular formula is C35H43N5O5SSi. The zero-order valence-corrected chi connectivity index (χ0v) is 30.0. The van der Waals surface area contributed by atoms with E-state index in [4.69, 9.17) is 9.72 Å². The quantitative estimate of drug-likeness (QED) is 0.122. The maximum absolute atomic E-state index is 13.5. The first kappa shape index (κ1) is 34.2. The van der Waals surface area contributed by atoms with Crippen LogP contribution in [0.2, 0.25) is 25.7 Å². The topological polar surface area (TPSA) is 118 Å². The van der Waals surface area contributed by atoms with Crippen LogP contribution in [0.25, 0.3) is 16.6 Å². The number of ether oxygens (including phenoxy) is 1. The van der Waals surface area contributed by atoms with Crippen molar-refractivity contribution in [2.24, 2.45) is 0 Å². The summed E-state index contributed by atoms with van der Waals surface area (Å²) in [6.07, 6.45) is 5.03. The summed E-state index contributed by atoms with van der Waals surface area (Å²) >= 11 is 0. The standard InChI is InChI=1S/C35H43N5O5SSi/c1-24(2)32-21-39(46(43,44)22-27-11-9-8-10-12-27)33-19-36-28(18-31(32)33)17-30-25(3)15-29(16-26(30)4)40-35(42)38(34(41)20-37-40)23-45-13-14-47(5,6)7/h8-12,15-16,18-21,24H,13-14,17,22-23H2,1-7H3. The summed E-state index contributed by atoms with van der Waals surface area (Å²) in [4.78, 5) is 30.5. The van der Waals surface area contributed by atoms with Crippen molar-refractivity contribution in [3.05, 3.63) is 121 Å². The average molecular weight is 674 g/mol. The maximum atomic E-state index is 13.5. The summed E-state index contributed by atoms with van der Waals surface area (Å²) in [6.45, 7) is 15.1. The van der Waals surface area contributed by atoms with Gasteiger partial charge in [-0.1, -0.05) is 63.8 Å². The molecule has 10 nitrogen and oxygen atoms in total. The molecule has 0 spiro atoms. The predicted molar refractivity (Wildman–Crippen MR) is 189 cm³/mol. The summed E-state index contributed by atoms with van der Waals surface area (Å²) in [5.74, 6) is -0.00791. The molecule has 3 heterocycles. The Kier molecular flexibility index (Phi) is 9.85. The smallest absolute Gasteiger partial charge is 0.354 e. The number of hydrogen-bond donors (Lipinski definition) is 0. The Bertz CT molecular complexity index is 2120. The first-order valence-corrected chi connectivity index (χ1v) is 21.1. The van der Waals surface area contributed by atoms with E-state index in [-0.39, 0.29) is 18.4 Å². The summed E-state index contributed by atoms with van der Waals surface area (Å²) in [6, 6.07) is 15.8. The minimum absolute atomic E-state index is 0.100. The first-order chi connectivity index (χ1) is 22.1. The molecule has 0 unspecified atom stereocenters. The molecule has 0 amide bonds. The summed E-state index contributed by atoms with van der Waals surface area (Å²) in [7, 11) is -4.99. The Hall–Kier alpha value is -4.13. The fourth-order valence-electron chi connectivity index (χ4n) is 5.62. The lowest BCUT2D eigenvalue weighted by Gasteiger charge is -2.16. The molecule has 5 rings (SSSR count). The molecule has 0 atom stereocenters. The van der Waals surface area contributed by atoms with Gasteiger partial charge in [0.05, 0.1) is 23.2 Å². The van der Waals surface area contributed by atoms with Crippen LogP contribution in [0.1, 0.15) is 53.3 Å². The largest absolute Gasteiger partial charge is 0.361 e. The molecule has 3 aromatic heterocycles. The van der Waals surface area contributed by atoms with E-state index < -0.39 is 29.3 Å². The van der Waals surface area contributed by atoms with Crippen molar-refractivity contribution in [3.8, 4) is 5.69 Å². The highest BCUT2D eigenvalue weighted by molar-refractivity contribution is 7.89. The lowest BCUT2D eigenvalue weighted by Crippen LogP contribution is -2.41. The van der Waals surface area contributed by atoms with Crippen molar-refractivity contribution in [1.29, 1.82) is 0 Å². The average Bonchev–Trinajstić information content (AvgIpc) is 3.39. The number of aromatic nitrogens is 5. The number of nitrogens with zero attached hydrogens (tertiary/aromatic N) is 5. The zero-order chi connectivity index (χ0) is 34.1. The summed E-state index contributed by atoms with van der Waals surface area (Å²) in [5.41, 5.74) is 5.42. The molecule has 12 heteroatoms. The van der Waals surface area contributed by atoms with Crippen molar-refractivity contribution in [2.75, 3.05) is 6.61 Å². The van der Waals surface area contributed by atoms with Crippen LogP contribution >= 0.6 is 0 Å². The summed E-state index contributed by atoms with van der Waals surface area (Å²) < 4.78 is 36.4. The third kappa shape index (κ3) is 7.72. The summed E-state index contributed by atoms with van der Waals surface area (Å²) in [5, 5.41) is 5.00. The van der Waals surface area contributed by atoms with Gasteiger partial charge >= 0.3 is 5.69 Å². The van der Waals surface area contributed by atoms with Crippen LogP contribution < -0.4 is 11.2 Å². The molecule has 2 aromatic carbocycles. The second-order valence-electron chi connectivity index (χ2n) is 13.7. The fraction of sp³-hybridized carbons (Fsp3) is 0.371. The minimum atomic E-state index is -3.68. The lowest BCUT2D eigenvalue weighted by molar-refractivity contribution is 0.0803. The highest BCUT2D eigenvalue weighted by atomic mass is 32.2. The molecule has 5 aromatic rings. The molecule has 0 fully saturated rings. The van der Waals surface area contributed by atoms with Crippen LogP contribution in [0.5, 0.6) is 0 Å². The Morgan fingerprint density at radius 1 is 0.957 bits per heavy atom. The molecule has 0 saturated carbocycles. The van der Waals surface area contributed by atoms with Gasteiger partial charge in [-0.15, -0.1) is 0 Å². The van der Waals surface area contributed by atoms with Gasteiger partial charge < -0.3 is 4.74 Å². The van der Waals surface area contributed by atoms with Crippen LogP contribution in [0.4, 0.5) is 0 Å². The molecule has 47 heavy (non-hydrogen) atoms. The number of rotatable bonds is 12. The van der Waals surface area contributed by atoms with E-state index in [2.05, 4.69) is 38.6 Å². The van der Waals surface area contributed by atoms with Crippen LogP contribution in [-0.4, -0.2) is 46.4 Å². The Morgan fingerprint density at radius 3 is 2.28 bits per heavy atom. The van der Waals surface area contributed by atoms with Crippen LogP contribution in [0.3, 0.4) is 0 Å². The van der Waals surface area contributed by atoms with Gasteiger partial charge in [-0.25, -0.2) is 21.8 Å². The van der Waals surface area contributed by atoms with Crippen molar-refractivity contribution in [2.45, 2.75) is 78.2 Å². The van der Waals surface area contributed by atoms with E-state index in [0.717, 1.165) is 55.7 Å². The van der Waals surface area contributed by atoms with Gasteiger partial charge in [0.15, 0.2) is 0 Å². The predicted octanol–water partition coefficient (Wildman–Crippen LogP) is 5.77. The maximum Gasteiger partial charge on any atom is 0.354 e. The van der Waals surface area contributed by atoms with Gasteiger partial charge in [0.2, 0.25) is 10.0 Å². The monoisotopic (exact) mass is 673 g/mol. The SMILES string of the molecule is Cc1cc(-n2ncc(=O)n(COCC[Si](C)(C)C)c2=O)cc(C)c1Cc1cc2c(C(C)C)cn(S(=O)(=O)Cc3ccccc3)c2cn1. The Labute approximate surface area is 276 Å². The molecule has 0 bridgehead atoms. The molecule has 0 radical (unpaired) electrons. The third-order valence-corrected chi connectivity index (χ3v) is 11.6. The van der Waals surface area contributed by atoms with Crippen LogP contribution in [0, 0.1) is 13.8 Å². The van der Waals surface area contributed by atoms with Crippen LogP contribution in [0.15, 0.2) is 76.7 Å². The van der Waals surface area contributed by atoms with Crippen molar-refractivity contribution in [3.63, 3.8) is 0 Å². The number of fused-ring (bicyclic) bond motifs is 1. The highest BCUT2D eigenvalue weighted by Crippen LogP contribution is 2.31. The van der Waals surface area contributed by atoms with Gasteiger partial charge in [0.25, 0.3) is 5.56 Å². The molecular weight excluding hydrogens is 631 g/mol. The normalized spacial score (nSPS) is 12.3. The van der Waals surface area contributed by atoms with E-state index in [1.54, 1.807) is 12.4 Å².